The van der Waals surface area contributed by atoms with Gasteiger partial charge in [-0.3, -0.25) is 9.78 Å². The van der Waals surface area contributed by atoms with Crippen molar-refractivity contribution in [3.8, 4) is 0 Å². The molecular formula is C21H23N3O3. The lowest BCUT2D eigenvalue weighted by Gasteiger charge is -2.29. The molecule has 27 heavy (non-hydrogen) atoms. The van der Waals surface area contributed by atoms with Crippen molar-refractivity contribution in [3.05, 3.63) is 65.0 Å². The smallest absolute Gasteiger partial charge is 0.339 e. The number of fused-ring (bicyclic) bond motifs is 1. The molecule has 6 nitrogen and oxygen atoms in total. The van der Waals surface area contributed by atoms with E-state index in [1.807, 2.05) is 17.0 Å². The fourth-order valence-corrected chi connectivity index (χ4v) is 4.40. The number of aryl methyl sites for hydroxylation is 1. The van der Waals surface area contributed by atoms with E-state index in [1.54, 1.807) is 6.07 Å². The molecule has 140 valence electrons. The zero-order valence-corrected chi connectivity index (χ0v) is 15.5. The van der Waals surface area contributed by atoms with Crippen molar-refractivity contribution in [1.29, 1.82) is 0 Å². The third kappa shape index (κ3) is 3.10. The van der Waals surface area contributed by atoms with Crippen LogP contribution in [0.1, 0.15) is 37.9 Å². The number of rotatable bonds is 3. The van der Waals surface area contributed by atoms with E-state index in [0.29, 0.717) is 23.9 Å². The maximum atomic E-state index is 13.3. The molecule has 2 aliphatic heterocycles. The van der Waals surface area contributed by atoms with Crippen LogP contribution < -0.4 is 5.32 Å². The van der Waals surface area contributed by atoms with Gasteiger partial charge in [-0.25, -0.2) is 4.79 Å². The number of benzene rings is 1. The molecule has 0 aliphatic carbocycles. The molecule has 4 rings (SSSR count). The maximum absolute atomic E-state index is 13.3. The molecule has 3 heterocycles. The Labute approximate surface area is 158 Å². The fourth-order valence-electron chi connectivity index (χ4n) is 4.40. The highest BCUT2D eigenvalue weighted by atomic mass is 16.5. The van der Waals surface area contributed by atoms with Crippen LogP contribution in [-0.4, -0.2) is 48.5 Å². The minimum Gasteiger partial charge on any atom is -0.465 e. The number of nitrogens with zero attached hydrogens (tertiary/aromatic N) is 2. The van der Waals surface area contributed by atoms with E-state index in [2.05, 4.69) is 29.4 Å². The van der Waals surface area contributed by atoms with Crippen LogP contribution in [0.2, 0.25) is 0 Å². The number of likely N-dealkylation sites (tertiary alicyclic amines) is 1. The zero-order valence-electron chi connectivity index (χ0n) is 15.5. The molecule has 0 spiro atoms. The van der Waals surface area contributed by atoms with Crippen molar-refractivity contribution in [2.24, 2.45) is 11.8 Å². The summed E-state index contributed by atoms with van der Waals surface area (Å²) in [5.74, 6) is 0.258. The van der Waals surface area contributed by atoms with Gasteiger partial charge in [-0.05, 0) is 30.0 Å². The number of amides is 1. The third-order valence-corrected chi connectivity index (χ3v) is 5.74. The first kappa shape index (κ1) is 17.7. The molecular weight excluding hydrogens is 342 g/mol. The van der Waals surface area contributed by atoms with E-state index in [0.717, 1.165) is 13.1 Å². The average Bonchev–Trinajstić information content (AvgIpc) is 3.28. The van der Waals surface area contributed by atoms with Gasteiger partial charge in [0.2, 0.25) is 0 Å². The van der Waals surface area contributed by atoms with Gasteiger partial charge in [-0.15, -0.1) is 0 Å². The van der Waals surface area contributed by atoms with Gasteiger partial charge in [-0.1, -0.05) is 24.3 Å². The molecule has 0 unspecified atom stereocenters. The van der Waals surface area contributed by atoms with Crippen molar-refractivity contribution in [1.82, 2.24) is 15.2 Å². The second-order valence-electron chi connectivity index (χ2n) is 7.29. The van der Waals surface area contributed by atoms with E-state index in [1.165, 1.54) is 30.6 Å². The molecule has 2 aromatic rings. The summed E-state index contributed by atoms with van der Waals surface area (Å²) in [6, 6.07) is 9.86. The first-order chi connectivity index (χ1) is 13.1. The molecule has 0 bridgehead atoms. The Hall–Kier alpha value is -2.73. The normalized spacial score (nSPS) is 23.9. The van der Waals surface area contributed by atoms with Crippen LogP contribution in [0.25, 0.3) is 0 Å². The summed E-state index contributed by atoms with van der Waals surface area (Å²) in [6.45, 7) is 4.64. The van der Waals surface area contributed by atoms with Gasteiger partial charge in [0, 0.05) is 37.9 Å². The van der Waals surface area contributed by atoms with Crippen LogP contribution in [0.4, 0.5) is 0 Å². The SMILES string of the molecule is COC(=O)c1cncc(C(=O)N2C[C@@H]3CNC[C@@H]3[C@H]2c2ccccc2C)c1. The predicted molar refractivity (Wildman–Crippen MR) is 100 cm³/mol. The number of methoxy groups -OCH3 is 1. The van der Waals surface area contributed by atoms with Gasteiger partial charge in [0.25, 0.3) is 5.91 Å². The number of pyridine rings is 1. The van der Waals surface area contributed by atoms with Crippen molar-refractivity contribution in [2.75, 3.05) is 26.7 Å². The number of carbonyl (C=O) groups excluding carboxylic acids is 2. The van der Waals surface area contributed by atoms with Gasteiger partial charge in [0.1, 0.15) is 0 Å². The van der Waals surface area contributed by atoms with Gasteiger partial charge >= 0.3 is 5.97 Å². The molecule has 2 aliphatic rings. The lowest BCUT2D eigenvalue weighted by atomic mass is 9.87. The summed E-state index contributed by atoms with van der Waals surface area (Å²) >= 11 is 0. The second-order valence-corrected chi connectivity index (χ2v) is 7.29. The lowest BCUT2D eigenvalue weighted by Crippen LogP contribution is -2.35. The highest BCUT2D eigenvalue weighted by Crippen LogP contribution is 2.44. The van der Waals surface area contributed by atoms with E-state index in [4.69, 9.17) is 4.74 Å². The van der Waals surface area contributed by atoms with Gasteiger partial charge in [0.05, 0.1) is 24.3 Å². The van der Waals surface area contributed by atoms with Crippen LogP contribution in [0.5, 0.6) is 0 Å². The fraction of sp³-hybridized carbons (Fsp3) is 0.381. The number of nitrogens with one attached hydrogen (secondary N) is 1. The van der Waals surface area contributed by atoms with Crippen molar-refractivity contribution < 1.29 is 14.3 Å². The molecule has 0 saturated carbocycles. The Bertz CT molecular complexity index is 882. The molecule has 1 aromatic heterocycles. The topological polar surface area (TPSA) is 71.5 Å². The lowest BCUT2D eigenvalue weighted by molar-refractivity contribution is 0.0600. The summed E-state index contributed by atoms with van der Waals surface area (Å²) < 4.78 is 4.75. The van der Waals surface area contributed by atoms with Crippen molar-refractivity contribution in [3.63, 3.8) is 0 Å². The van der Waals surface area contributed by atoms with Gasteiger partial charge in [-0.2, -0.15) is 0 Å². The molecule has 1 amide bonds. The first-order valence-electron chi connectivity index (χ1n) is 9.20. The van der Waals surface area contributed by atoms with Crippen LogP contribution in [0, 0.1) is 18.8 Å². The van der Waals surface area contributed by atoms with E-state index in [-0.39, 0.29) is 17.5 Å². The Morgan fingerprint density at radius 2 is 1.96 bits per heavy atom. The number of esters is 1. The van der Waals surface area contributed by atoms with Crippen molar-refractivity contribution >= 4 is 11.9 Å². The summed E-state index contributed by atoms with van der Waals surface area (Å²) in [4.78, 5) is 31.2. The summed E-state index contributed by atoms with van der Waals surface area (Å²) in [5, 5.41) is 3.46. The number of ether oxygens (including phenoxy) is 1. The Balaban J connectivity index is 1.70. The number of hydrogen-bond donors (Lipinski definition) is 1. The number of aromatic nitrogens is 1. The summed E-state index contributed by atoms with van der Waals surface area (Å²) in [6.07, 6.45) is 2.94. The first-order valence-corrected chi connectivity index (χ1v) is 9.20. The minimum absolute atomic E-state index is 0.0282. The highest BCUT2D eigenvalue weighted by molar-refractivity contribution is 5.97. The summed E-state index contributed by atoms with van der Waals surface area (Å²) in [7, 11) is 1.32. The van der Waals surface area contributed by atoms with Crippen LogP contribution in [0.15, 0.2) is 42.7 Å². The van der Waals surface area contributed by atoms with Crippen LogP contribution in [0.3, 0.4) is 0 Å². The Morgan fingerprint density at radius 3 is 2.74 bits per heavy atom. The molecule has 1 aromatic carbocycles. The molecule has 2 fully saturated rings. The second kappa shape index (κ2) is 7.12. The standard InChI is InChI=1S/C21H23N3O3/c1-13-5-3-4-6-17(13)19-18-11-23-10-16(18)12-24(19)20(25)14-7-15(9-22-8-14)21(26)27-2/h3-9,16,18-19,23H,10-12H2,1-2H3/t16-,18-,19+/m0/s1. The minimum atomic E-state index is -0.491. The molecule has 3 atom stereocenters. The average molecular weight is 365 g/mol. The van der Waals surface area contributed by atoms with Crippen LogP contribution in [-0.2, 0) is 4.74 Å². The van der Waals surface area contributed by atoms with E-state index in [9.17, 15) is 9.59 Å². The van der Waals surface area contributed by atoms with Crippen molar-refractivity contribution in [2.45, 2.75) is 13.0 Å². The largest absolute Gasteiger partial charge is 0.465 e. The zero-order chi connectivity index (χ0) is 19.0. The number of carbonyl (C=O) groups is 2. The molecule has 6 heteroatoms. The van der Waals surface area contributed by atoms with E-state index < -0.39 is 5.97 Å². The monoisotopic (exact) mass is 365 g/mol. The Morgan fingerprint density at radius 1 is 1.19 bits per heavy atom. The summed E-state index contributed by atoms with van der Waals surface area (Å²) in [5.41, 5.74) is 3.09. The number of hydrogen-bond acceptors (Lipinski definition) is 5. The molecule has 2 saturated heterocycles. The predicted octanol–water partition coefficient (Wildman–Crippen LogP) is 2.21. The highest BCUT2D eigenvalue weighted by Gasteiger charge is 2.47. The van der Waals surface area contributed by atoms with Gasteiger partial charge in [0.15, 0.2) is 0 Å². The van der Waals surface area contributed by atoms with Crippen LogP contribution >= 0.6 is 0 Å². The molecule has 1 N–H and O–H groups in total. The van der Waals surface area contributed by atoms with E-state index >= 15 is 0 Å². The molecule has 0 radical (unpaired) electrons. The maximum Gasteiger partial charge on any atom is 0.339 e. The Kier molecular flexibility index (Phi) is 4.66. The third-order valence-electron chi connectivity index (χ3n) is 5.74. The quantitative estimate of drug-likeness (QED) is 0.845. The van der Waals surface area contributed by atoms with Gasteiger partial charge < -0.3 is 15.0 Å².